The summed E-state index contributed by atoms with van der Waals surface area (Å²) >= 11 is 1.47. The van der Waals surface area contributed by atoms with Crippen molar-refractivity contribution in [2.45, 2.75) is 13.8 Å². The number of thiazole rings is 1. The van der Waals surface area contributed by atoms with Crippen molar-refractivity contribution in [3.8, 4) is 0 Å². The molecule has 0 fully saturated rings. The zero-order valence-electron chi connectivity index (χ0n) is 6.09. The Labute approximate surface area is 64.4 Å². The topological polar surface area (TPSA) is 38.9 Å². The molecule has 2 nitrogen and oxygen atoms in total. The number of anilines is 1. The molecule has 0 spiro atoms. The molecule has 0 saturated heterocycles. The average molecular weight is 154 g/mol. The normalized spacial score (nSPS) is 9.40. The van der Waals surface area contributed by atoms with Gasteiger partial charge in [-0.3, -0.25) is 0 Å². The second-order valence-electron chi connectivity index (χ2n) is 2.33. The summed E-state index contributed by atoms with van der Waals surface area (Å²) in [6.45, 7) is 4.07. The Morgan fingerprint density at radius 1 is 1.70 bits per heavy atom. The molecule has 2 N–H and O–H groups in total. The zero-order chi connectivity index (χ0) is 7.56. The van der Waals surface area contributed by atoms with E-state index in [4.69, 9.17) is 5.73 Å². The van der Waals surface area contributed by atoms with E-state index in [1.165, 1.54) is 16.9 Å². The Balaban J connectivity index is 2.86. The smallest absolute Gasteiger partial charge is 0.180 e. The molecule has 0 amide bonds. The first-order valence-corrected chi connectivity index (χ1v) is 3.92. The molecule has 54 valence electrons. The van der Waals surface area contributed by atoms with Gasteiger partial charge in [0.15, 0.2) is 5.13 Å². The van der Waals surface area contributed by atoms with Gasteiger partial charge in [-0.1, -0.05) is 5.57 Å². The number of hydrogen-bond donors (Lipinski definition) is 1. The number of nitrogen functional groups attached to an aromatic ring is 1. The third-order valence-electron chi connectivity index (χ3n) is 0.976. The van der Waals surface area contributed by atoms with E-state index in [9.17, 15) is 0 Å². The zero-order valence-corrected chi connectivity index (χ0v) is 6.90. The van der Waals surface area contributed by atoms with E-state index >= 15 is 0 Å². The van der Waals surface area contributed by atoms with Gasteiger partial charge in [0.2, 0.25) is 0 Å². The number of aromatic nitrogens is 1. The molecule has 0 unspecified atom stereocenters. The van der Waals surface area contributed by atoms with Crippen LogP contribution < -0.4 is 5.73 Å². The lowest BCUT2D eigenvalue weighted by Gasteiger charge is -1.84. The summed E-state index contributed by atoms with van der Waals surface area (Å²) in [5.74, 6) is 0. The molecule has 0 aromatic carbocycles. The van der Waals surface area contributed by atoms with E-state index < -0.39 is 0 Å². The van der Waals surface area contributed by atoms with Crippen molar-refractivity contribution in [3.05, 3.63) is 16.6 Å². The minimum absolute atomic E-state index is 0.632. The molecule has 0 aliphatic heterocycles. The number of rotatable bonds is 1. The highest BCUT2D eigenvalue weighted by molar-refractivity contribution is 7.13. The summed E-state index contributed by atoms with van der Waals surface area (Å²) in [6.07, 6.45) is 2.01. The molecule has 3 heteroatoms. The SMILES string of the molecule is CC(C)=Cc1csc(N)n1. The van der Waals surface area contributed by atoms with Crippen molar-refractivity contribution in [2.24, 2.45) is 0 Å². The lowest BCUT2D eigenvalue weighted by molar-refractivity contribution is 1.35. The van der Waals surface area contributed by atoms with Crippen molar-refractivity contribution in [1.82, 2.24) is 4.98 Å². The van der Waals surface area contributed by atoms with Gasteiger partial charge >= 0.3 is 0 Å². The van der Waals surface area contributed by atoms with Gasteiger partial charge in [-0.05, 0) is 19.9 Å². The van der Waals surface area contributed by atoms with E-state index in [-0.39, 0.29) is 0 Å². The van der Waals surface area contributed by atoms with Crippen LogP contribution in [0, 0.1) is 0 Å². The predicted molar refractivity (Wildman–Crippen MR) is 45.9 cm³/mol. The quantitative estimate of drug-likeness (QED) is 0.673. The molecule has 1 heterocycles. The fourth-order valence-electron chi connectivity index (χ4n) is 0.663. The van der Waals surface area contributed by atoms with Gasteiger partial charge in [-0.2, -0.15) is 0 Å². The van der Waals surface area contributed by atoms with Crippen LogP contribution in [0.4, 0.5) is 5.13 Å². The van der Waals surface area contributed by atoms with E-state index in [0.29, 0.717) is 5.13 Å². The van der Waals surface area contributed by atoms with Crippen molar-refractivity contribution >= 4 is 22.5 Å². The molecule has 10 heavy (non-hydrogen) atoms. The Kier molecular flexibility index (Phi) is 2.06. The van der Waals surface area contributed by atoms with Crippen LogP contribution >= 0.6 is 11.3 Å². The summed E-state index contributed by atoms with van der Waals surface area (Å²) < 4.78 is 0. The van der Waals surface area contributed by atoms with Crippen LogP contribution in [0.1, 0.15) is 19.5 Å². The average Bonchev–Trinajstić information content (AvgIpc) is 2.13. The molecule has 0 aliphatic carbocycles. The van der Waals surface area contributed by atoms with E-state index in [2.05, 4.69) is 4.98 Å². The Bertz CT molecular complexity index is 246. The Hall–Kier alpha value is -0.830. The highest BCUT2D eigenvalue weighted by atomic mass is 32.1. The minimum Gasteiger partial charge on any atom is -0.375 e. The van der Waals surface area contributed by atoms with E-state index in [1.54, 1.807) is 0 Å². The first-order chi connectivity index (χ1) is 4.68. The van der Waals surface area contributed by atoms with E-state index in [0.717, 1.165) is 5.69 Å². The maximum Gasteiger partial charge on any atom is 0.180 e. The van der Waals surface area contributed by atoms with Crippen LogP contribution in [-0.4, -0.2) is 4.98 Å². The van der Waals surface area contributed by atoms with Gasteiger partial charge in [-0.15, -0.1) is 11.3 Å². The molecular weight excluding hydrogens is 144 g/mol. The van der Waals surface area contributed by atoms with Gasteiger partial charge in [0.25, 0.3) is 0 Å². The molecule has 0 bridgehead atoms. The minimum atomic E-state index is 0.632. The van der Waals surface area contributed by atoms with Crippen LogP contribution in [0.25, 0.3) is 6.08 Å². The van der Waals surface area contributed by atoms with Gasteiger partial charge < -0.3 is 5.73 Å². The number of nitrogens with two attached hydrogens (primary N) is 1. The van der Waals surface area contributed by atoms with Crippen LogP contribution in [0.5, 0.6) is 0 Å². The Morgan fingerprint density at radius 3 is 2.80 bits per heavy atom. The third kappa shape index (κ3) is 1.84. The summed E-state index contributed by atoms with van der Waals surface area (Å²) in [5.41, 5.74) is 7.63. The number of allylic oxidation sites excluding steroid dienone is 1. The number of hydrogen-bond acceptors (Lipinski definition) is 3. The molecule has 0 saturated carbocycles. The number of nitrogens with zero attached hydrogens (tertiary/aromatic N) is 1. The first-order valence-electron chi connectivity index (χ1n) is 3.04. The fourth-order valence-corrected chi connectivity index (χ4v) is 1.18. The van der Waals surface area contributed by atoms with E-state index in [1.807, 2.05) is 25.3 Å². The first kappa shape index (κ1) is 7.28. The highest BCUT2D eigenvalue weighted by Crippen LogP contribution is 2.13. The van der Waals surface area contributed by atoms with Crippen molar-refractivity contribution < 1.29 is 0 Å². The summed E-state index contributed by atoms with van der Waals surface area (Å²) in [4.78, 5) is 4.07. The molecule has 0 atom stereocenters. The maximum atomic E-state index is 5.43. The van der Waals surface area contributed by atoms with Crippen LogP contribution in [0.3, 0.4) is 0 Å². The second kappa shape index (κ2) is 2.84. The van der Waals surface area contributed by atoms with Gasteiger partial charge in [0.1, 0.15) is 0 Å². The summed E-state index contributed by atoms with van der Waals surface area (Å²) in [6, 6.07) is 0. The molecule has 0 aliphatic rings. The van der Waals surface area contributed by atoms with Gasteiger partial charge in [0, 0.05) is 5.38 Å². The highest BCUT2D eigenvalue weighted by Gasteiger charge is 1.92. The lowest BCUT2D eigenvalue weighted by atomic mass is 10.3. The molecule has 0 radical (unpaired) electrons. The maximum absolute atomic E-state index is 5.43. The van der Waals surface area contributed by atoms with Crippen molar-refractivity contribution in [2.75, 3.05) is 5.73 Å². The van der Waals surface area contributed by atoms with Crippen molar-refractivity contribution in [1.29, 1.82) is 0 Å². The lowest BCUT2D eigenvalue weighted by Crippen LogP contribution is -1.81. The largest absolute Gasteiger partial charge is 0.375 e. The monoisotopic (exact) mass is 154 g/mol. The molecule has 1 aromatic heterocycles. The van der Waals surface area contributed by atoms with Gasteiger partial charge in [-0.25, -0.2) is 4.98 Å². The summed E-state index contributed by atoms with van der Waals surface area (Å²) in [7, 11) is 0. The Morgan fingerprint density at radius 2 is 2.40 bits per heavy atom. The molecule has 1 rings (SSSR count). The standard InChI is InChI=1S/C7H10N2S/c1-5(2)3-6-4-10-7(8)9-6/h3-4H,1-2H3,(H2,8,9). The third-order valence-corrected chi connectivity index (χ3v) is 1.67. The van der Waals surface area contributed by atoms with Crippen molar-refractivity contribution in [3.63, 3.8) is 0 Å². The summed E-state index contributed by atoms with van der Waals surface area (Å²) in [5, 5.41) is 2.58. The molecule has 1 aromatic rings. The van der Waals surface area contributed by atoms with Crippen LogP contribution in [-0.2, 0) is 0 Å². The second-order valence-corrected chi connectivity index (χ2v) is 3.22. The van der Waals surface area contributed by atoms with Crippen LogP contribution in [0.15, 0.2) is 11.0 Å². The fraction of sp³-hybridized carbons (Fsp3) is 0.286. The van der Waals surface area contributed by atoms with Crippen LogP contribution in [0.2, 0.25) is 0 Å². The molecular formula is C7H10N2S. The van der Waals surface area contributed by atoms with Gasteiger partial charge in [0.05, 0.1) is 5.69 Å². The predicted octanol–water partition coefficient (Wildman–Crippen LogP) is 2.15.